The lowest BCUT2D eigenvalue weighted by Gasteiger charge is -2.28. The number of nitrogens with two attached hydrogens (primary N) is 1. The molecule has 0 saturated carbocycles. The highest BCUT2D eigenvalue weighted by atomic mass is 35.5. The van der Waals surface area contributed by atoms with Crippen molar-refractivity contribution in [2.24, 2.45) is 5.73 Å². The van der Waals surface area contributed by atoms with Gasteiger partial charge in [-0.25, -0.2) is 13.2 Å². The van der Waals surface area contributed by atoms with Crippen molar-refractivity contribution in [2.45, 2.75) is 19.5 Å². The average Bonchev–Trinajstić information content (AvgIpc) is 3.13. The molecule has 32 heavy (non-hydrogen) atoms. The smallest absolute Gasteiger partial charge is 0.252 e. The van der Waals surface area contributed by atoms with Crippen molar-refractivity contribution in [1.82, 2.24) is 14.7 Å². The highest BCUT2D eigenvalue weighted by Crippen LogP contribution is 2.34. The molecule has 4 rings (SSSR count). The molecule has 1 aromatic heterocycles. The zero-order chi connectivity index (χ0) is 23.2. The SMILES string of the molecule is NC(=O)c1c(-c2cc(Cl)c(F)c(Cl)c2)nn2c1CN(C(=O)Cc1ccc(F)c(F)c1)CC2. The number of nitrogens with zero attached hydrogens (tertiary/aromatic N) is 3. The average molecular weight is 483 g/mol. The first-order valence-electron chi connectivity index (χ1n) is 9.41. The Kier molecular flexibility index (Phi) is 5.87. The molecular formula is C21H15Cl2F3N4O2. The number of hydrogen-bond donors (Lipinski definition) is 1. The van der Waals surface area contributed by atoms with E-state index in [-0.39, 0.29) is 53.3 Å². The molecule has 0 unspecified atom stereocenters. The summed E-state index contributed by atoms with van der Waals surface area (Å²) in [5, 5.41) is 3.92. The number of aromatic nitrogens is 2. The van der Waals surface area contributed by atoms with Gasteiger partial charge in [-0.15, -0.1) is 0 Å². The molecule has 2 N–H and O–H groups in total. The molecule has 0 aliphatic carbocycles. The van der Waals surface area contributed by atoms with Crippen LogP contribution in [0, 0.1) is 17.5 Å². The fourth-order valence-electron chi connectivity index (χ4n) is 3.62. The number of rotatable bonds is 4. The summed E-state index contributed by atoms with van der Waals surface area (Å²) in [6, 6.07) is 5.83. The van der Waals surface area contributed by atoms with Gasteiger partial charge < -0.3 is 10.6 Å². The van der Waals surface area contributed by atoms with Crippen LogP contribution in [0.15, 0.2) is 30.3 Å². The summed E-state index contributed by atoms with van der Waals surface area (Å²) in [6.07, 6.45) is -0.146. The Bertz CT molecular complexity index is 1240. The zero-order valence-corrected chi connectivity index (χ0v) is 17.9. The van der Waals surface area contributed by atoms with Crippen molar-refractivity contribution in [1.29, 1.82) is 0 Å². The molecule has 6 nitrogen and oxygen atoms in total. The van der Waals surface area contributed by atoms with Crippen molar-refractivity contribution < 1.29 is 22.8 Å². The van der Waals surface area contributed by atoms with Gasteiger partial charge in [0, 0.05) is 12.1 Å². The number of carbonyl (C=O) groups is 2. The third-order valence-corrected chi connectivity index (χ3v) is 5.73. The van der Waals surface area contributed by atoms with Gasteiger partial charge in [-0.1, -0.05) is 29.3 Å². The van der Waals surface area contributed by atoms with E-state index in [4.69, 9.17) is 28.9 Å². The first-order chi connectivity index (χ1) is 15.2. The third kappa shape index (κ3) is 4.05. The summed E-state index contributed by atoms with van der Waals surface area (Å²) in [5.74, 6) is -3.95. The first-order valence-corrected chi connectivity index (χ1v) is 10.2. The van der Waals surface area contributed by atoms with Crippen LogP contribution in [-0.4, -0.2) is 33.0 Å². The second-order valence-electron chi connectivity index (χ2n) is 7.25. The van der Waals surface area contributed by atoms with Crippen molar-refractivity contribution in [2.75, 3.05) is 6.54 Å². The highest BCUT2D eigenvalue weighted by molar-refractivity contribution is 6.35. The molecule has 2 amide bonds. The standard InChI is InChI=1S/C21H15Cl2F3N4O2/c22-12-7-11(8-13(23)19(12)26)20-18(21(27)32)16-9-29(3-4-30(16)28-20)17(31)6-10-1-2-14(24)15(25)5-10/h1-2,5,7-8H,3-4,6,9H2,(H2,27,32). The second-order valence-corrected chi connectivity index (χ2v) is 8.07. The molecule has 0 atom stereocenters. The predicted octanol–water partition coefficient (Wildman–Crippen LogP) is 3.96. The number of hydrogen-bond acceptors (Lipinski definition) is 3. The maximum absolute atomic E-state index is 13.8. The summed E-state index contributed by atoms with van der Waals surface area (Å²) in [5.41, 5.74) is 6.84. The lowest BCUT2D eigenvalue weighted by Crippen LogP contribution is -2.40. The number of primary amides is 1. The monoisotopic (exact) mass is 482 g/mol. The first kappa shape index (κ1) is 22.2. The Hall–Kier alpha value is -3.04. The van der Waals surface area contributed by atoms with Crippen LogP contribution < -0.4 is 5.73 Å². The van der Waals surface area contributed by atoms with E-state index in [0.717, 1.165) is 12.1 Å². The second kappa shape index (κ2) is 8.48. The van der Waals surface area contributed by atoms with E-state index in [0.29, 0.717) is 16.8 Å². The summed E-state index contributed by atoms with van der Waals surface area (Å²) in [6.45, 7) is 0.567. The summed E-state index contributed by atoms with van der Waals surface area (Å²) in [4.78, 5) is 26.5. The molecule has 0 radical (unpaired) electrons. The van der Waals surface area contributed by atoms with Crippen LogP contribution in [0.25, 0.3) is 11.3 Å². The Balaban J connectivity index is 1.65. The van der Waals surface area contributed by atoms with Gasteiger partial charge in [-0.3, -0.25) is 14.3 Å². The summed E-state index contributed by atoms with van der Waals surface area (Å²) >= 11 is 11.8. The molecule has 0 saturated heterocycles. The lowest BCUT2D eigenvalue weighted by atomic mass is 10.0. The largest absolute Gasteiger partial charge is 0.365 e. The van der Waals surface area contributed by atoms with Crippen molar-refractivity contribution >= 4 is 35.0 Å². The Morgan fingerprint density at radius 3 is 2.34 bits per heavy atom. The van der Waals surface area contributed by atoms with Crippen LogP contribution in [0.5, 0.6) is 0 Å². The molecule has 2 aromatic carbocycles. The third-order valence-electron chi connectivity index (χ3n) is 5.18. The Morgan fingerprint density at radius 1 is 1.03 bits per heavy atom. The van der Waals surface area contributed by atoms with E-state index >= 15 is 0 Å². The van der Waals surface area contributed by atoms with Gasteiger partial charge in [0.2, 0.25) is 5.91 Å². The summed E-state index contributed by atoms with van der Waals surface area (Å²) in [7, 11) is 0. The minimum atomic E-state index is -1.04. The molecule has 11 heteroatoms. The van der Waals surface area contributed by atoms with Gasteiger partial charge in [0.15, 0.2) is 17.5 Å². The topological polar surface area (TPSA) is 81.2 Å². The maximum atomic E-state index is 13.8. The van der Waals surface area contributed by atoms with E-state index < -0.39 is 23.4 Å². The van der Waals surface area contributed by atoms with Crippen LogP contribution in [0.3, 0.4) is 0 Å². The van der Waals surface area contributed by atoms with Crippen LogP contribution in [0.2, 0.25) is 10.0 Å². The Labute approximate surface area is 190 Å². The van der Waals surface area contributed by atoms with E-state index in [9.17, 15) is 22.8 Å². The molecule has 3 aromatic rings. The summed E-state index contributed by atoms with van der Waals surface area (Å²) < 4.78 is 41.9. The molecule has 0 fully saturated rings. The van der Waals surface area contributed by atoms with E-state index in [2.05, 4.69) is 5.10 Å². The van der Waals surface area contributed by atoms with Gasteiger partial charge in [-0.05, 0) is 29.8 Å². The van der Waals surface area contributed by atoms with Crippen molar-refractivity contribution in [3.63, 3.8) is 0 Å². The minimum absolute atomic E-state index is 0.0242. The molecular weight excluding hydrogens is 468 g/mol. The van der Waals surface area contributed by atoms with Gasteiger partial charge >= 0.3 is 0 Å². The zero-order valence-electron chi connectivity index (χ0n) is 16.3. The fraction of sp³-hybridized carbons (Fsp3) is 0.190. The highest BCUT2D eigenvalue weighted by Gasteiger charge is 2.30. The van der Waals surface area contributed by atoms with Crippen LogP contribution >= 0.6 is 23.2 Å². The van der Waals surface area contributed by atoms with Crippen molar-refractivity contribution in [3.05, 3.63) is 74.6 Å². The quantitative estimate of drug-likeness (QED) is 0.571. The molecule has 0 spiro atoms. The Morgan fingerprint density at radius 2 is 1.72 bits per heavy atom. The molecule has 0 bridgehead atoms. The van der Waals surface area contributed by atoms with Crippen LogP contribution in [-0.2, 0) is 24.3 Å². The predicted molar refractivity (Wildman–Crippen MR) is 112 cm³/mol. The van der Waals surface area contributed by atoms with Gasteiger partial charge in [0.05, 0.1) is 40.8 Å². The number of benzene rings is 2. The van der Waals surface area contributed by atoms with E-state index in [1.165, 1.54) is 23.1 Å². The number of halogens is 5. The minimum Gasteiger partial charge on any atom is -0.365 e. The molecule has 2 heterocycles. The molecule has 1 aliphatic rings. The van der Waals surface area contributed by atoms with Crippen LogP contribution in [0.4, 0.5) is 13.2 Å². The molecule has 166 valence electrons. The van der Waals surface area contributed by atoms with Crippen molar-refractivity contribution in [3.8, 4) is 11.3 Å². The normalized spacial score (nSPS) is 13.2. The number of carbonyl (C=O) groups excluding carboxylic acids is 2. The molecule has 1 aliphatic heterocycles. The lowest BCUT2D eigenvalue weighted by molar-refractivity contribution is -0.132. The van der Waals surface area contributed by atoms with Crippen LogP contribution in [0.1, 0.15) is 21.6 Å². The van der Waals surface area contributed by atoms with Gasteiger partial charge in [0.1, 0.15) is 5.69 Å². The van der Waals surface area contributed by atoms with Gasteiger partial charge in [0.25, 0.3) is 5.91 Å². The van der Waals surface area contributed by atoms with E-state index in [1.54, 1.807) is 4.68 Å². The fourth-order valence-corrected chi connectivity index (χ4v) is 4.11. The number of fused-ring (bicyclic) bond motifs is 1. The van der Waals surface area contributed by atoms with E-state index in [1.807, 2.05) is 0 Å². The number of amides is 2. The van der Waals surface area contributed by atoms with Gasteiger partial charge in [-0.2, -0.15) is 5.10 Å². The maximum Gasteiger partial charge on any atom is 0.252 e.